The molecule has 0 aromatic heterocycles. The molecule has 0 unspecified atom stereocenters. The van der Waals surface area contributed by atoms with E-state index in [9.17, 15) is 5.11 Å². The molecule has 0 saturated carbocycles. The molecule has 0 aliphatic rings. The average Bonchev–Trinajstić information content (AvgIpc) is 2.78. The van der Waals surface area contributed by atoms with Crippen LogP contribution >= 0.6 is 11.8 Å². The number of hydrogen-bond donors (Lipinski definition) is 1. The lowest BCUT2D eigenvalue weighted by Gasteiger charge is -2.26. The third-order valence-electron chi connectivity index (χ3n) is 5.20. The molecule has 0 heterocycles. The predicted octanol–water partition coefficient (Wildman–Crippen LogP) is 6.25. The fourth-order valence-corrected chi connectivity index (χ4v) is 4.46. The zero-order valence-electron chi connectivity index (χ0n) is 20.0. The van der Waals surface area contributed by atoms with Crippen LogP contribution in [0.5, 0.6) is 11.5 Å². The Balaban J connectivity index is 2.08. The highest BCUT2D eigenvalue weighted by molar-refractivity contribution is 8.13. The van der Waals surface area contributed by atoms with Crippen LogP contribution in [-0.2, 0) is 11.3 Å². The van der Waals surface area contributed by atoms with E-state index in [4.69, 9.17) is 14.5 Å². The zero-order valence-corrected chi connectivity index (χ0v) is 20.8. The summed E-state index contributed by atoms with van der Waals surface area (Å²) in [6.07, 6.45) is 0. The molecular weight excluding hydrogens is 432 g/mol. The third kappa shape index (κ3) is 7.01. The van der Waals surface area contributed by atoms with Gasteiger partial charge in [-0.2, -0.15) is 0 Å². The summed E-state index contributed by atoms with van der Waals surface area (Å²) in [7, 11) is 3.36. The topological polar surface area (TPSA) is 54.3 Å². The van der Waals surface area contributed by atoms with Crippen LogP contribution in [0.4, 0.5) is 5.69 Å². The molecule has 0 atom stereocenters. The van der Waals surface area contributed by atoms with Crippen molar-refractivity contribution in [1.29, 1.82) is 0 Å². The van der Waals surface area contributed by atoms with E-state index in [1.165, 1.54) is 11.1 Å². The summed E-state index contributed by atoms with van der Waals surface area (Å²) in [5.74, 6) is 0.975. The van der Waals surface area contributed by atoms with E-state index in [0.717, 1.165) is 32.6 Å². The number of phenolic OH excluding ortho intramolecular Hbond substituents is 1. The van der Waals surface area contributed by atoms with Gasteiger partial charge in [-0.25, -0.2) is 4.99 Å². The summed E-state index contributed by atoms with van der Waals surface area (Å²) in [6.45, 7) is 8.05. The molecule has 33 heavy (non-hydrogen) atoms. The van der Waals surface area contributed by atoms with Gasteiger partial charge in [-0.15, -0.1) is 0 Å². The number of methoxy groups -OCH3 is 2. The number of hydrogen-bond acceptors (Lipinski definition) is 5. The van der Waals surface area contributed by atoms with Crippen molar-refractivity contribution in [3.05, 3.63) is 82.9 Å². The molecule has 6 heteroatoms. The molecule has 0 radical (unpaired) electrons. The van der Waals surface area contributed by atoms with Crippen LogP contribution in [0.1, 0.15) is 22.3 Å². The Bertz CT molecular complexity index is 1110. The first-order valence-electron chi connectivity index (χ1n) is 10.9. The van der Waals surface area contributed by atoms with Crippen molar-refractivity contribution >= 4 is 22.6 Å². The number of benzene rings is 3. The van der Waals surface area contributed by atoms with E-state index in [0.29, 0.717) is 19.7 Å². The monoisotopic (exact) mass is 464 g/mol. The summed E-state index contributed by atoms with van der Waals surface area (Å²) < 4.78 is 11.0. The second-order valence-corrected chi connectivity index (χ2v) is 9.03. The van der Waals surface area contributed by atoms with Crippen LogP contribution in [0.25, 0.3) is 0 Å². The Morgan fingerprint density at radius 2 is 1.73 bits per heavy atom. The van der Waals surface area contributed by atoms with Gasteiger partial charge in [0, 0.05) is 25.1 Å². The van der Waals surface area contributed by atoms with Gasteiger partial charge < -0.3 is 19.5 Å². The molecular formula is C27H32N2O3S. The Kier molecular flexibility index (Phi) is 8.80. The molecule has 0 aliphatic carbocycles. The number of ether oxygens (including phenoxy) is 2. The third-order valence-corrected chi connectivity index (χ3v) is 6.41. The molecule has 0 aliphatic heterocycles. The first-order chi connectivity index (χ1) is 15.9. The van der Waals surface area contributed by atoms with Crippen LogP contribution < -0.4 is 4.74 Å². The minimum absolute atomic E-state index is 0.250. The number of phenols is 1. The Hall–Kier alpha value is -2.96. The van der Waals surface area contributed by atoms with E-state index in [1.807, 2.05) is 37.3 Å². The van der Waals surface area contributed by atoms with Crippen LogP contribution in [0, 0.1) is 20.8 Å². The molecule has 3 rings (SSSR count). The highest BCUT2D eigenvalue weighted by Crippen LogP contribution is 2.33. The van der Waals surface area contributed by atoms with E-state index >= 15 is 0 Å². The highest BCUT2D eigenvalue weighted by atomic mass is 32.2. The van der Waals surface area contributed by atoms with Crippen molar-refractivity contribution in [1.82, 2.24) is 4.90 Å². The van der Waals surface area contributed by atoms with Crippen molar-refractivity contribution in [3.63, 3.8) is 0 Å². The normalized spacial score (nSPS) is 11.5. The summed E-state index contributed by atoms with van der Waals surface area (Å²) in [4.78, 5) is 8.41. The van der Waals surface area contributed by atoms with Crippen molar-refractivity contribution in [3.8, 4) is 11.5 Å². The summed E-state index contributed by atoms with van der Waals surface area (Å²) >= 11 is 1.63. The van der Waals surface area contributed by atoms with E-state index in [1.54, 1.807) is 38.1 Å². The first-order valence-corrected chi connectivity index (χ1v) is 11.7. The van der Waals surface area contributed by atoms with Crippen LogP contribution in [0.15, 0.2) is 70.6 Å². The molecule has 1 N–H and O–H groups in total. The van der Waals surface area contributed by atoms with Gasteiger partial charge in [0.15, 0.2) is 5.17 Å². The maximum Gasteiger partial charge on any atom is 0.169 e. The molecule has 0 bridgehead atoms. The lowest BCUT2D eigenvalue weighted by atomic mass is 10.2. The molecule has 3 aromatic carbocycles. The number of nitrogens with zero attached hydrogens (tertiary/aromatic N) is 2. The van der Waals surface area contributed by atoms with Crippen molar-refractivity contribution in [2.45, 2.75) is 32.2 Å². The molecule has 0 amide bonds. The number of aromatic hydroxyl groups is 1. The predicted molar refractivity (Wildman–Crippen MR) is 137 cm³/mol. The van der Waals surface area contributed by atoms with Gasteiger partial charge in [-0.05, 0) is 67.8 Å². The minimum Gasteiger partial charge on any atom is -0.508 e. The Labute approximate surface area is 201 Å². The van der Waals surface area contributed by atoms with E-state index in [-0.39, 0.29) is 5.75 Å². The van der Waals surface area contributed by atoms with Gasteiger partial charge in [-0.1, -0.05) is 47.7 Å². The van der Waals surface area contributed by atoms with Crippen molar-refractivity contribution in [2.75, 3.05) is 27.4 Å². The SMILES string of the molecule is COCCN(Cc1cccc(O)c1)C(=Nc1cc(C)ccc1OC)Sc1ccc(C)cc1C. The van der Waals surface area contributed by atoms with E-state index in [2.05, 4.69) is 36.9 Å². The number of aryl methyl sites for hydroxylation is 3. The van der Waals surface area contributed by atoms with Crippen LogP contribution in [-0.4, -0.2) is 42.5 Å². The number of amidine groups is 1. The second-order valence-electron chi connectivity index (χ2n) is 8.02. The summed E-state index contributed by atoms with van der Waals surface area (Å²) in [5.41, 5.74) is 5.32. The highest BCUT2D eigenvalue weighted by Gasteiger charge is 2.17. The number of thioether (sulfide) groups is 1. The Morgan fingerprint density at radius 3 is 2.42 bits per heavy atom. The number of aliphatic imine (C=N–C) groups is 1. The smallest absolute Gasteiger partial charge is 0.169 e. The maximum absolute atomic E-state index is 9.98. The molecule has 5 nitrogen and oxygen atoms in total. The standard InChI is InChI=1S/C27H32N2O3S/c1-19-10-12-26(21(3)15-19)33-27(28-24-16-20(2)9-11-25(24)32-5)29(13-14-31-4)18-22-7-6-8-23(30)17-22/h6-12,15-17,30H,13-14,18H2,1-5H3. The van der Waals surface area contributed by atoms with Gasteiger partial charge in [0.2, 0.25) is 0 Å². The quantitative estimate of drug-likeness (QED) is 0.242. The number of rotatable bonds is 8. The van der Waals surface area contributed by atoms with Gasteiger partial charge in [-0.3, -0.25) is 0 Å². The fourth-order valence-electron chi connectivity index (χ4n) is 3.48. The van der Waals surface area contributed by atoms with E-state index < -0.39 is 0 Å². The largest absolute Gasteiger partial charge is 0.508 e. The van der Waals surface area contributed by atoms with Gasteiger partial charge in [0.1, 0.15) is 17.2 Å². The summed E-state index contributed by atoms with van der Waals surface area (Å²) in [6, 6.07) is 19.8. The molecule has 174 valence electrons. The van der Waals surface area contributed by atoms with Crippen LogP contribution in [0.3, 0.4) is 0 Å². The van der Waals surface area contributed by atoms with Crippen molar-refractivity contribution < 1.29 is 14.6 Å². The lowest BCUT2D eigenvalue weighted by Crippen LogP contribution is -2.31. The zero-order chi connectivity index (χ0) is 23.8. The first kappa shape index (κ1) is 24.7. The fraction of sp³-hybridized carbons (Fsp3) is 0.296. The minimum atomic E-state index is 0.250. The average molecular weight is 465 g/mol. The molecule has 3 aromatic rings. The Morgan fingerprint density at radius 1 is 0.970 bits per heavy atom. The van der Waals surface area contributed by atoms with Gasteiger partial charge in [0.05, 0.1) is 13.7 Å². The van der Waals surface area contributed by atoms with Gasteiger partial charge >= 0.3 is 0 Å². The molecule has 0 spiro atoms. The van der Waals surface area contributed by atoms with Crippen LogP contribution in [0.2, 0.25) is 0 Å². The summed E-state index contributed by atoms with van der Waals surface area (Å²) in [5, 5.41) is 10.8. The maximum atomic E-state index is 9.98. The molecule has 0 saturated heterocycles. The molecule has 0 fully saturated rings. The van der Waals surface area contributed by atoms with Crippen molar-refractivity contribution in [2.24, 2.45) is 4.99 Å². The van der Waals surface area contributed by atoms with Gasteiger partial charge in [0.25, 0.3) is 0 Å². The lowest BCUT2D eigenvalue weighted by molar-refractivity contribution is 0.175. The second kappa shape index (κ2) is 11.8.